The number of aliphatic hydroxyl groups is 1. The van der Waals surface area contributed by atoms with Gasteiger partial charge < -0.3 is 9.52 Å². The van der Waals surface area contributed by atoms with Gasteiger partial charge in [-0.05, 0) is 46.6 Å². The summed E-state index contributed by atoms with van der Waals surface area (Å²) in [7, 11) is 0. The summed E-state index contributed by atoms with van der Waals surface area (Å²) in [6, 6.07) is 3.54. The fourth-order valence-electron chi connectivity index (χ4n) is 1.54. The van der Waals surface area contributed by atoms with Gasteiger partial charge in [-0.25, -0.2) is 8.78 Å². The smallest absolute Gasteiger partial charge is 0.175 e. The van der Waals surface area contributed by atoms with E-state index in [1.54, 1.807) is 0 Å². The van der Waals surface area contributed by atoms with Crippen LogP contribution in [-0.2, 0) is 0 Å². The predicted octanol–water partition coefficient (Wildman–Crippen LogP) is 3.71. The standard InChI is InChI=1S/C12H9BrF2O2/c1-6-4-10(15)8(5-9(6)14)11(16)7-2-3-17-12(7)13/h2-5,11,16H,1H3. The lowest BCUT2D eigenvalue weighted by molar-refractivity contribution is 0.212. The van der Waals surface area contributed by atoms with Gasteiger partial charge in [-0.3, -0.25) is 0 Å². The average molecular weight is 303 g/mol. The van der Waals surface area contributed by atoms with E-state index in [1.165, 1.54) is 19.3 Å². The van der Waals surface area contributed by atoms with Gasteiger partial charge >= 0.3 is 0 Å². The zero-order valence-corrected chi connectivity index (χ0v) is 10.5. The van der Waals surface area contributed by atoms with Crippen LogP contribution in [0.25, 0.3) is 0 Å². The lowest BCUT2D eigenvalue weighted by Gasteiger charge is -2.11. The number of rotatable bonds is 2. The fraction of sp³-hybridized carbons (Fsp3) is 0.167. The summed E-state index contributed by atoms with van der Waals surface area (Å²) in [5.41, 5.74) is 0.437. The molecule has 0 aliphatic carbocycles. The van der Waals surface area contributed by atoms with E-state index in [1.807, 2.05) is 0 Å². The monoisotopic (exact) mass is 302 g/mol. The third-order valence-electron chi connectivity index (χ3n) is 2.51. The van der Waals surface area contributed by atoms with Crippen molar-refractivity contribution in [2.75, 3.05) is 0 Å². The molecule has 0 spiro atoms. The Kier molecular flexibility index (Phi) is 3.31. The van der Waals surface area contributed by atoms with Gasteiger partial charge in [0.05, 0.1) is 6.26 Å². The van der Waals surface area contributed by atoms with Crippen LogP contribution in [0.3, 0.4) is 0 Å². The van der Waals surface area contributed by atoms with E-state index in [0.717, 1.165) is 12.1 Å². The molecule has 1 N–H and O–H groups in total. The number of aliphatic hydroxyl groups excluding tert-OH is 1. The summed E-state index contributed by atoms with van der Waals surface area (Å²) >= 11 is 3.08. The van der Waals surface area contributed by atoms with Gasteiger partial charge in [0.15, 0.2) is 4.67 Å². The predicted molar refractivity (Wildman–Crippen MR) is 61.6 cm³/mol. The molecule has 1 aromatic heterocycles. The van der Waals surface area contributed by atoms with Crippen molar-refractivity contribution in [3.05, 3.63) is 57.5 Å². The fourth-order valence-corrected chi connectivity index (χ4v) is 1.99. The van der Waals surface area contributed by atoms with E-state index in [2.05, 4.69) is 15.9 Å². The largest absolute Gasteiger partial charge is 0.457 e. The van der Waals surface area contributed by atoms with E-state index in [4.69, 9.17) is 4.42 Å². The zero-order chi connectivity index (χ0) is 12.6. The Labute approximate surface area is 105 Å². The van der Waals surface area contributed by atoms with Gasteiger partial charge in [0.25, 0.3) is 0 Å². The van der Waals surface area contributed by atoms with Gasteiger partial charge in [0, 0.05) is 11.1 Å². The van der Waals surface area contributed by atoms with E-state index in [9.17, 15) is 13.9 Å². The van der Waals surface area contributed by atoms with Crippen molar-refractivity contribution in [3.63, 3.8) is 0 Å². The normalized spacial score (nSPS) is 12.8. The highest BCUT2D eigenvalue weighted by Crippen LogP contribution is 2.31. The van der Waals surface area contributed by atoms with Crippen LogP contribution in [0.15, 0.2) is 33.5 Å². The Balaban J connectivity index is 2.48. The van der Waals surface area contributed by atoms with Crippen LogP contribution in [0, 0.1) is 18.6 Å². The highest BCUT2D eigenvalue weighted by atomic mass is 79.9. The van der Waals surface area contributed by atoms with Gasteiger partial charge in [-0.1, -0.05) is 0 Å². The molecule has 0 amide bonds. The Bertz CT molecular complexity index is 551. The average Bonchev–Trinajstić information content (AvgIpc) is 2.69. The Morgan fingerprint density at radius 1 is 1.24 bits per heavy atom. The van der Waals surface area contributed by atoms with Crippen molar-refractivity contribution in [2.45, 2.75) is 13.0 Å². The second kappa shape index (κ2) is 4.58. The van der Waals surface area contributed by atoms with Crippen LogP contribution in [0.5, 0.6) is 0 Å². The Hall–Kier alpha value is -1.20. The molecule has 1 atom stereocenters. The lowest BCUT2D eigenvalue weighted by Crippen LogP contribution is -2.04. The van der Waals surface area contributed by atoms with Crippen molar-refractivity contribution in [1.29, 1.82) is 0 Å². The topological polar surface area (TPSA) is 33.4 Å². The minimum atomic E-state index is -1.27. The molecule has 2 nitrogen and oxygen atoms in total. The molecule has 17 heavy (non-hydrogen) atoms. The third kappa shape index (κ3) is 2.25. The van der Waals surface area contributed by atoms with E-state index in [0.29, 0.717) is 10.2 Å². The number of hydrogen-bond donors (Lipinski definition) is 1. The summed E-state index contributed by atoms with van der Waals surface area (Å²) in [5.74, 6) is -1.20. The number of benzene rings is 1. The molecule has 5 heteroatoms. The maximum Gasteiger partial charge on any atom is 0.175 e. The molecule has 0 radical (unpaired) electrons. The summed E-state index contributed by atoms with van der Waals surface area (Å²) in [6.45, 7) is 1.46. The van der Waals surface area contributed by atoms with Gasteiger partial charge in [-0.2, -0.15) is 0 Å². The molecule has 1 unspecified atom stereocenters. The molecule has 0 aliphatic rings. The first kappa shape index (κ1) is 12.3. The van der Waals surface area contributed by atoms with E-state index >= 15 is 0 Å². The molecule has 1 aromatic carbocycles. The Morgan fingerprint density at radius 3 is 2.53 bits per heavy atom. The maximum absolute atomic E-state index is 13.6. The van der Waals surface area contributed by atoms with Gasteiger partial charge in [-0.15, -0.1) is 0 Å². The molecule has 1 heterocycles. The molecule has 0 saturated carbocycles. The minimum Gasteiger partial charge on any atom is -0.457 e. The minimum absolute atomic E-state index is 0.116. The molecule has 0 saturated heterocycles. The second-order valence-electron chi connectivity index (χ2n) is 3.68. The SMILES string of the molecule is Cc1cc(F)c(C(O)c2ccoc2Br)cc1F. The number of hydrogen-bond acceptors (Lipinski definition) is 2. The first-order valence-corrected chi connectivity index (χ1v) is 5.66. The summed E-state index contributed by atoms with van der Waals surface area (Å²) in [5, 5.41) is 9.96. The second-order valence-corrected chi connectivity index (χ2v) is 4.40. The van der Waals surface area contributed by atoms with E-state index in [-0.39, 0.29) is 11.1 Å². The van der Waals surface area contributed by atoms with Crippen molar-refractivity contribution >= 4 is 15.9 Å². The number of halogens is 3. The lowest BCUT2D eigenvalue weighted by atomic mass is 10.0. The molecule has 2 rings (SSSR count). The quantitative estimate of drug-likeness (QED) is 0.917. The van der Waals surface area contributed by atoms with Crippen LogP contribution in [0.4, 0.5) is 8.78 Å². The Morgan fingerprint density at radius 2 is 1.94 bits per heavy atom. The molecule has 2 aromatic rings. The summed E-state index contributed by atoms with van der Waals surface area (Å²) in [4.78, 5) is 0. The molecule has 0 fully saturated rings. The zero-order valence-electron chi connectivity index (χ0n) is 8.88. The first-order chi connectivity index (χ1) is 8.00. The highest BCUT2D eigenvalue weighted by molar-refractivity contribution is 9.10. The van der Waals surface area contributed by atoms with Crippen LogP contribution >= 0.6 is 15.9 Å². The highest BCUT2D eigenvalue weighted by Gasteiger charge is 2.20. The summed E-state index contributed by atoms with van der Waals surface area (Å²) < 4.78 is 32.2. The number of furan rings is 1. The maximum atomic E-state index is 13.6. The summed E-state index contributed by atoms with van der Waals surface area (Å²) in [6.07, 6.45) is 0.0867. The van der Waals surface area contributed by atoms with Crippen molar-refractivity contribution < 1.29 is 18.3 Å². The molecule has 0 aliphatic heterocycles. The van der Waals surface area contributed by atoms with Crippen molar-refractivity contribution in [2.24, 2.45) is 0 Å². The van der Waals surface area contributed by atoms with Crippen LogP contribution in [0.1, 0.15) is 22.8 Å². The molecule has 90 valence electrons. The van der Waals surface area contributed by atoms with Crippen LogP contribution in [-0.4, -0.2) is 5.11 Å². The van der Waals surface area contributed by atoms with E-state index < -0.39 is 17.7 Å². The van der Waals surface area contributed by atoms with Gasteiger partial charge in [0.1, 0.15) is 17.7 Å². The third-order valence-corrected chi connectivity index (χ3v) is 3.16. The molecular weight excluding hydrogens is 294 g/mol. The number of aryl methyl sites for hydroxylation is 1. The first-order valence-electron chi connectivity index (χ1n) is 4.87. The van der Waals surface area contributed by atoms with Crippen molar-refractivity contribution in [1.82, 2.24) is 0 Å². The van der Waals surface area contributed by atoms with Crippen LogP contribution in [0.2, 0.25) is 0 Å². The van der Waals surface area contributed by atoms with Crippen LogP contribution < -0.4 is 0 Å². The van der Waals surface area contributed by atoms with Gasteiger partial charge in [0.2, 0.25) is 0 Å². The van der Waals surface area contributed by atoms with Crippen molar-refractivity contribution in [3.8, 4) is 0 Å². The molecular formula is C12H9BrF2O2. The molecule has 0 bridgehead atoms.